The lowest BCUT2D eigenvalue weighted by Crippen LogP contribution is -2.49. The van der Waals surface area contributed by atoms with Crippen molar-refractivity contribution in [2.45, 2.75) is 45.7 Å². The van der Waals surface area contributed by atoms with E-state index in [-0.39, 0.29) is 17.5 Å². The molecule has 1 saturated heterocycles. The van der Waals surface area contributed by atoms with Crippen LogP contribution in [0.5, 0.6) is 0 Å². The third kappa shape index (κ3) is 4.65. The first kappa shape index (κ1) is 17.2. The molecule has 2 rings (SSSR count). The summed E-state index contributed by atoms with van der Waals surface area (Å²) in [6.45, 7) is 9.26. The largest absolute Gasteiger partial charge is 0.380 e. The van der Waals surface area contributed by atoms with E-state index >= 15 is 0 Å². The Bertz CT molecular complexity index is 491. The summed E-state index contributed by atoms with van der Waals surface area (Å²) in [5, 5.41) is 3.18. The van der Waals surface area contributed by atoms with E-state index in [1.807, 2.05) is 0 Å². The highest BCUT2D eigenvalue weighted by Gasteiger charge is 2.26. The molecule has 1 aromatic rings. The first-order chi connectivity index (χ1) is 10.3. The second-order valence-corrected chi connectivity index (χ2v) is 7.32. The third-order valence-corrected chi connectivity index (χ3v) is 4.45. The average Bonchev–Trinajstić information content (AvgIpc) is 2.43. The van der Waals surface area contributed by atoms with Crippen molar-refractivity contribution < 1.29 is 8.78 Å². The number of benzene rings is 1. The summed E-state index contributed by atoms with van der Waals surface area (Å²) in [5.41, 5.74) is 6.72. The van der Waals surface area contributed by atoms with Crippen LogP contribution in [0.15, 0.2) is 18.2 Å². The highest BCUT2D eigenvalue weighted by atomic mass is 19.1. The number of anilines is 1. The normalized spacial score (nSPS) is 19.2. The summed E-state index contributed by atoms with van der Waals surface area (Å²) in [6.07, 6.45) is 1.88. The standard InChI is InChI=1S/C17H27F2N3/c1-17(2,3)16(20)11-22-8-6-13(7-9-22)21-15-5-4-12(18)10-14(15)19/h4-5,10,13,16,21H,6-9,11,20H2,1-3H3/t16-/m1/s1. The van der Waals surface area contributed by atoms with Gasteiger partial charge < -0.3 is 16.0 Å². The molecule has 0 radical (unpaired) electrons. The fourth-order valence-corrected chi connectivity index (χ4v) is 2.64. The van der Waals surface area contributed by atoms with Gasteiger partial charge >= 0.3 is 0 Å². The summed E-state index contributed by atoms with van der Waals surface area (Å²) < 4.78 is 26.6. The quantitative estimate of drug-likeness (QED) is 0.897. The van der Waals surface area contributed by atoms with Crippen molar-refractivity contribution in [2.75, 3.05) is 25.0 Å². The summed E-state index contributed by atoms with van der Waals surface area (Å²) in [6, 6.07) is 4.03. The van der Waals surface area contributed by atoms with E-state index in [9.17, 15) is 8.78 Å². The van der Waals surface area contributed by atoms with E-state index in [0.717, 1.165) is 38.5 Å². The molecule has 1 aliphatic heterocycles. The number of rotatable bonds is 4. The van der Waals surface area contributed by atoms with Gasteiger partial charge in [0.1, 0.15) is 11.6 Å². The fraction of sp³-hybridized carbons (Fsp3) is 0.647. The van der Waals surface area contributed by atoms with Crippen molar-refractivity contribution >= 4 is 5.69 Å². The number of hydrogen-bond acceptors (Lipinski definition) is 3. The van der Waals surface area contributed by atoms with Crippen LogP contribution in [0.1, 0.15) is 33.6 Å². The smallest absolute Gasteiger partial charge is 0.149 e. The Hall–Kier alpha value is -1.20. The van der Waals surface area contributed by atoms with Gasteiger partial charge in [-0.15, -0.1) is 0 Å². The van der Waals surface area contributed by atoms with Crippen LogP contribution in [-0.2, 0) is 0 Å². The summed E-state index contributed by atoms with van der Waals surface area (Å²) in [7, 11) is 0. The van der Waals surface area contributed by atoms with Gasteiger partial charge in [-0.25, -0.2) is 8.78 Å². The van der Waals surface area contributed by atoms with Crippen molar-refractivity contribution in [1.29, 1.82) is 0 Å². The lowest BCUT2D eigenvalue weighted by molar-refractivity contribution is 0.169. The minimum absolute atomic E-state index is 0.104. The second-order valence-electron chi connectivity index (χ2n) is 7.32. The zero-order valence-corrected chi connectivity index (χ0v) is 13.7. The Morgan fingerprint density at radius 2 is 1.91 bits per heavy atom. The molecule has 1 atom stereocenters. The van der Waals surface area contributed by atoms with Crippen LogP contribution >= 0.6 is 0 Å². The van der Waals surface area contributed by atoms with Gasteiger partial charge in [0.15, 0.2) is 0 Å². The van der Waals surface area contributed by atoms with Gasteiger partial charge in [0.2, 0.25) is 0 Å². The van der Waals surface area contributed by atoms with Crippen LogP contribution in [-0.4, -0.2) is 36.6 Å². The Balaban J connectivity index is 1.82. The molecule has 1 fully saturated rings. The monoisotopic (exact) mass is 311 g/mol. The van der Waals surface area contributed by atoms with Gasteiger partial charge in [-0.3, -0.25) is 0 Å². The molecule has 0 aliphatic carbocycles. The first-order valence-corrected chi connectivity index (χ1v) is 7.95. The van der Waals surface area contributed by atoms with E-state index < -0.39 is 11.6 Å². The molecule has 22 heavy (non-hydrogen) atoms. The van der Waals surface area contributed by atoms with E-state index in [0.29, 0.717) is 5.69 Å². The molecule has 0 aromatic heterocycles. The van der Waals surface area contributed by atoms with E-state index in [1.165, 1.54) is 12.1 Å². The highest BCUT2D eigenvalue weighted by molar-refractivity contribution is 5.45. The number of piperidine rings is 1. The second kappa shape index (κ2) is 6.92. The number of likely N-dealkylation sites (tertiary alicyclic amines) is 1. The maximum Gasteiger partial charge on any atom is 0.149 e. The van der Waals surface area contributed by atoms with Gasteiger partial charge in [-0.1, -0.05) is 20.8 Å². The number of nitrogens with one attached hydrogen (secondary N) is 1. The molecule has 0 spiro atoms. The van der Waals surface area contributed by atoms with Gasteiger partial charge in [0.25, 0.3) is 0 Å². The molecule has 1 aliphatic rings. The SMILES string of the molecule is CC(C)(C)[C@H](N)CN1CCC(Nc2ccc(F)cc2F)CC1. The first-order valence-electron chi connectivity index (χ1n) is 7.95. The zero-order chi connectivity index (χ0) is 16.3. The molecule has 0 bridgehead atoms. The molecule has 0 saturated carbocycles. The van der Waals surface area contributed by atoms with Crippen LogP contribution in [0.4, 0.5) is 14.5 Å². The number of nitrogens with zero attached hydrogens (tertiary/aromatic N) is 1. The zero-order valence-electron chi connectivity index (χ0n) is 13.7. The molecule has 0 amide bonds. The van der Waals surface area contributed by atoms with Gasteiger partial charge in [0.05, 0.1) is 5.69 Å². The van der Waals surface area contributed by atoms with Gasteiger partial charge in [-0.05, 0) is 30.4 Å². The fourth-order valence-electron chi connectivity index (χ4n) is 2.64. The Morgan fingerprint density at radius 1 is 1.27 bits per heavy atom. The summed E-state index contributed by atoms with van der Waals surface area (Å²) in [4.78, 5) is 2.37. The van der Waals surface area contributed by atoms with Gasteiger partial charge in [-0.2, -0.15) is 0 Å². The average molecular weight is 311 g/mol. The third-order valence-electron chi connectivity index (χ3n) is 4.45. The lowest BCUT2D eigenvalue weighted by Gasteiger charge is -2.37. The molecule has 124 valence electrons. The molecule has 1 aromatic carbocycles. The lowest BCUT2D eigenvalue weighted by atomic mass is 9.87. The van der Waals surface area contributed by atoms with Crippen molar-refractivity contribution in [3.63, 3.8) is 0 Å². The topological polar surface area (TPSA) is 41.3 Å². The number of nitrogens with two attached hydrogens (primary N) is 1. The predicted molar refractivity (Wildman–Crippen MR) is 86.9 cm³/mol. The molecule has 1 heterocycles. The molecule has 0 unspecified atom stereocenters. The molecule has 3 N–H and O–H groups in total. The van der Waals surface area contributed by atoms with Gasteiger partial charge in [0, 0.05) is 37.8 Å². The molecular weight excluding hydrogens is 284 g/mol. The minimum atomic E-state index is -0.547. The van der Waals surface area contributed by atoms with Crippen molar-refractivity contribution in [3.8, 4) is 0 Å². The van der Waals surface area contributed by atoms with E-state index in [2.05, 4.69) is 31.0 Å². The van der Waals surface area contributed by atoms with E-state index in [4.69, 9.17) is 5.73 Å². The van der Waals surface area contributed by atoms with Crippen LogP contribution in [0.2, 0.25) is 0 Å². The number of hydrogen-bond donors (Lipinski definition) is 2. The van der Waals surface area contributed by atoms with Crippen LogP contribution in [0.3, 0.4) is 0 Å². The van der Waals surface area contributed by atoms with Crippen molar-refractivity contribution in [1.82, 2.24) is 4.90 Å². The summed E-state index contributed by atoms with van der Waals surface area (Å²) in [5.74, 6) is -1.08. The van der Waals surface area contributed by atoms with Crippen molar-refractivity contribution in [3.05, 3.63) is 29.8 Å². The molecule has 3 nitrogen and oxygen atoms in total. The van der Waals surface area contributed by atoms with Crippen LogP contribution in [0, 0.1) is 17.0 Å². The maximum atomic E-state index is 13.7. The molecular formula is C17H27F2N3. The Labute approximate surface area is 131 Å². The Morgan fingerprint density at radius 3 is 2.45 bits per heavy atom. The van der Waals surface area contributed by atoms with Crippen molar-refractivity contribution in [2.24, 2.45) is 11.1 Å². The predicted octanol–water partition coefficient (Wildman–Crippen LogP) is 3.21. The van der Waals surface area contributed by atoms with Crippen LogP contribution in [0.25, 0.3) is 0 Å². The molecule has 5 heteroatoms. The highest BCUT2D eigenvalue weighted by Crippen LogP contribution is 2.22. The van der Waals surface area contributed by atoms with Crippen LogP contribution < -0.4 is 11.1 Å². The number of halogens is 2. The minimum Gasteiger partial charge on any atom is -0.380 e. The Kier molecular flexibility index (Phi) is 5.40. The maximum absolute atomic E-state index is 13.7. The summed E-state index contributed by atoms with van der Waals surface area (Å²) >= 11 is 0. The van der Waals surface area contributed by atoms with E-state index in [1.54, 1.807) is 0 Å².